The number of anilines is 1. The Hall–Kier alpha value is -4.39. The summed E-state index contributed by atoms with van der Waals surface area (Å²) in [6.45, 7) is -0.538. The molecule has 0 radical (unpaired) electrons. The first-order valence-corrected chi connectivity index (χ1v) is 14.9. The molecule has 0 spiro atoms. The first-order valence-electron chi connectivity index (χ1n) is 13.6. The highest BCUT2D eigenvalue weighted by molar-refractivity contribution is 7.07. The number of benzene rings is 2. The van der Waals surface area contributed by atoms with Crippen LogP contribution in [0.1, 0.15) is 17.5 Å². The number of rotatable bonds is 13. The number of hydrogen-bond acceptors (Lipinski definition) is 12. The van der Waals surface area contributed by atoms with E-state index in [9.17, 15) is 33.3 Å². The zero-order valence-electron chi connectivity index (χ0n) is 24.2. The third kappa shape index (κ3) is 7.29. The number of fused-ring (bicyclic) bond motifs is 1. The number of aliphatic hydroxyl groups is 2. The summed E-state index contributed by atoms with van der Waals surface area (Å²) in [7, 11) is 1.23. The monoisotopic (exact) mass is 694 g/mol. The molecule has 248 valence electrons. The third-order valence-corrected chi connectivity index (χ3v) is 7.97. The number of halogens is 4. The van der Waals surface area contributed by atoms with Crippen molar-refractivity contribution in [1.82, 2.24) is 24.5 Å². The molecular formula is C29H26ClF3N6O7S. The number of imidazole rings is 1. The van der Waals surface area contributed by atoms with Crippen molar-refractivity contribution in [2.24, 2.45) is 0 Å². The van der Waals surface area contributed by atoms with Crippen molar-refractivity contribution in [2.75, 3.05) is 19.5 Å². The van der Waals surface area contributed by atoms with Gasteiger partial charge in [-0.3, -0.25) is 4.57 Å². The number of carboxylic acids is 1. The predicted octanol–water partition coefficient (Wildman–Crippen LogP) is 4.19. The van der Waals surface area contributed by atoms with Crippen molar-refractivity contribution < 1.29 is 47.5 Å². The van der Waals surface area contributed by atoms with Crippen LogP contribution in [0.15, 0.2) is 65.7 Å². The summed E-state index contributed by atoms with van der Waals surface area (Å²) in [5.41, 5.74) is 6.36. The van der Waals surface area contributed by atoms with E-state index in [2.05, 4.69) is 24.7 Å². The van der Waals surface area contributed by atoms with Gasteiger partial charge in [0.15, 0.2) is 17.7 Å². The zero-order chi connectivity index (χ0) is 33.9. The Morgan fingerprint density at radius 2 is 1.83 bits per heavy atom. The molecule has 2 aromatic carbocycles. The molecule has 5 rings (SSSR count). The first kappa shape index (κ1) is 34.0. The zero-order valence-corrected chi connectivity index (χ0v) is 25.8. The molecule has 0 fully saturated rings. The summed E-state index contributed by atoms with van der Waals surface area (Å²) < 4.78 is 55.5. The van der Waals surface area contributed by atoms with Gasteiger partial charge >= 0.3 is 12.3 Å². The van der Waals surface area contributed by atoms with Crippen LogP contribution in [0.5, 0.6) is 5.75 Å². The van der Waals surface area contributed by atoms with Crippen molar-refractivity contribution in [3.63, 3.8) is 0 Å². The van der Waals surface area contributed by atoms with E-state index in [1.165, 1.54) is 54.7 Å². The van der Waals surface area contributed by atoms with E-state index in [0.29, 0.717) is 11.1 Å². The normalized spacial score (nSPS) is 15.2. The number of nitrogen functional groups attached to an aromatic ring is 1. The number of alkyl halides is 3. The number of para-hydroxylation sites is 1. The highest BCUT2D eigenvalue weighted by Gasteiger charge is 2.45. The number of aromatic nitrogens is 5. The van der Waals surface area contributed by atoms with E-state index in [-0.39, 0.29) is 39.9 Å². The summed E-state index contributed by atoms with van der Waals surface area (Å²) in [5.74, 6) is -1.86. The minimum Gasteiger partial charge on any atom is -0.479 e. The maximum Gasteiger partial charge on any atom is 0.573 e. The van der Waals surface area contributed by atoms with Gasteiger partial charge in [-0.25, -0.2) is 14.8 Å². The number of thiazole rings is 1. The van der Waals surface area contributed by atoms with E-state index < -0.39 is 48.7 Å². The molecule has 0 saturated carbocycles. The van der Waals surface area contributed by atoms with Gasteiger partial charge in [0.25, 0.3) is 0 Å². The summed E-state index contributed by atoms with van der Waals surface area (Å²) in [6.07, 6.45) is -8.71. The van der Waals surface area contributed by atoms with E-state index in [1.807, 2.05) is 0 Å². The molecule has 5 N–H and O–H groups in total. The molecule has 0 amide bonds. The number of hydrogen-bond donors (Lipinski definition) is 4. The van der Waals surface area contributed by atoms with Crippen LogP contribution in [-0.4, -0.2) is 78.1 Å². The molecule has 0 saturated heterocycles. The Balaban J connectivity index is 1.40. The van der Waals surface area contributed by atoms with Crippen LogP contribution in [-0.2, 0) is 26.3 Å². The average molecular weight is 695 g/mol. The highest BCUT2D eigenvalue weighted by Crippen LogP contribution is 2.36. The number of aliphatic hydroxyl groups excluding tert-OH is 2. The molecular weight excluding hydrogens is 669 g/mol. The number of ether oxygens (including phenoxy) is 3. The van der Waals surface area contributed by atoms with Crippen molar-refractivity contribution in [2.45, 2.75) is 36.8 Å². The number of nitrogens with two attached hydrogens (primary N) is 1. The fraction of sp³-hybridized carbons (Fsp3) is 0.276. The van der Waals surface area contributed by atoms with Crippen molar-refractivity contribution in [3.8, 4) is 16.9 Å². The van der Waals surface area contributed by atoms with Gasteiger partial charge < -0.3 is 35.3 Å². The molecule has 4 atom stereocenters. The third-order valence-electron chi connectivity index (χ3n) is 7.21. The Labute approximate surface area is 273 Å². The largest absolute Gasteiger partial charge is 0.573 e. The average Bonchev–Trinajstić information content (AvgIpc) is 3.71. The lowest BCUT2D eigenvalue weighted by atomic mass is 9.90. The van der Waals surface area contributed by atoms with E-state index in [4.69, 9.17) is 26.8 Å². The molecule has 0 bridgehead atoms. The molecule has 3 heterocycles. The van der Waals surface area contributed by atoms with Gasteiger partial charge in [0.1, 0.15) is 23.5 Å². The summed E-state index contributed by atoms with van der Waals surface area (Å²) >= 11 is 7.03. The Morgan fingerprint density at radius 3 is 2.47 bits per heavy atom. The second-order valence-corrected chi connectivity index (χ2v) is 11.2. The SMILES string of the molecule is CO[C@H](CO[C@@](Cc1ccc(-c2ccccc2OC(F)(F)F)cc1)(C(=O)O)c1cscn1)[C@@H](O)[C@@H](O)n1cnc2c(N)nc(Cl)nc21. The van der Waals surface area contributed by atoms with Gasteiger partial charge in [-0.1, -0.05) is 42.5 Å². The van der Waals surface area contributed by atoms with E-state index in [0.717, 1.165) is 15.9 Å². The summed E-state index contributed by atoms with van der Waals surface area (Å²) in [6, 6.07) is 11.8. The fourth-order valence-corrected chi connectivity index (χ4v) is 5.66. The quantitative estimate of drug-likeness (QED) is 0.129. The Morgan fingerprint density at radius 1 is 1.11 bits per heavy atom. The van der Waals surface area contributed by atoms with Crippen LogP contribution >= 0.6 is 22.9 Å². The Bertz CT molecular complexity index is 1840. The van der Waals surface area contributed by atoms with Crippen LogP contribution in [0, 0.1) is 0 Å². The van der Waals surface area contributed by atoms with Gasteiger partial charge in [0.05, 0.1) is 24.1 Å². The van der Waals surface area contributed by atoms with Crippen molar-refractivity contribution in [3.05, 3.63) is 82.3 Å². The number of nitrogens with zero attached hydrogens (tertiary/aromatic N) is 5. The second-order valence-electron chi connectivity index (χ2n) is 10.1. The molecule has 0 unspecified atom stereocenters. The van der Waals surface area contributed by atoms with E-state index in [1.54, 1.807) is 18.2 Å². The molecule has 13 nitrogen and oxygen atoms in total. The topological polar surface area (TPSA) is 188 Å². The van der Waals surface area contributed by atoms with Crippen LogP contribution in [0.3, 0.4) is 0 Å². The molecule has 3 aromatic heterocycles. The van der Waals surface area contributed by atoms with Crippen LogP contribution in [0.2, 0.25) is 5.28 Å². The second kappa shape index (κ2) is 13.8. The van der Waals surface area contributed by atoms with Crippen molar-refractivity contribution >= 4 is 45.9 Å². The van der Waals surface area contributed by atoms with Crippen LogP contribution < -0.4 is 10.5 Å². The van der Waals surface area contributed by atoms with Gasteiger partial charge in [-0.2, -0.15) is 9.97 Å². The van der Waals surface area contributed by atoms with Gasteiger partial charge in [0.2, 0.25) is 10.9 Å². The van der Waals surface area contributed by atoms with Crippen molar-refractivity contribution in [1.29, 1.82) is 0 Å². The maximum absolute atomic E-state index is 13.0. The minimum absolute atomic E-state index is 0.0308. The summed E-state index contributed by atoms with van der Waals surface area (Å²) in [4.78, 5) is 28.9. The predicted molar refractivity (Wildman–Crippen MR) is 162 cm³/mol. The molecule has 18 heteroatoms. The minimum atomic E-state index is -4.89. The highest BCUT2D eigenvalue weighted by atomic mass is 35.5. The number of methoxy groups -OCH3 is 1. The molecule has 0 aliphatic rings. The van der Waals surface area contributed by atoms with Gasteiger partial charge in [0, 0.05) is 24.5 Å². The number of carbonyl (C=O) groups is 1. The molecule has 0 aliphatic carbocycles. The smallest absolute Gasteiger partial charge is 0.479 e. The number of aliphatic carboxylic acids is 1. The fourth-order valence-electron chi connectivity index (χ4n) is 4.87. The van der Waals surface area contributed by atoms with Gasteiger partial charge in [-0.05, 0) is 28.8 Å². The maximum atomic E-state index is 13.0. The van der Waals surface area contributed by atoms with Crippen LogP contribution in [0.4, 0.5) is 19.0 Å². The first-order chi connectivity index (χ1) is 22.3. The lowest BCUT2D eigenvalue weighted by Crippen LogP contribution is -2.46. The lowest BCUT2D eigenvalue weighted by molar-refractivity contribution is -0.274. The molecule has 5 aromatic rings. The van der Waals surface area contributed by atoms with E-state index >= 15 is 0 Å². The lowest BCUT2D eigenvalue weighted by Gasteiger charge is -2.32. The van der Waals surface area contributed by atoms with Crippen LogP contribution in [0.25, 0.3) is 22.3 Å². The van der Waals surface area contributed by atoms with Gasteiger partial charge in [-0.15, -0.1) is 24.5 Å². The molecule has 47 heavy (non-hydrogen) atoms. The standard InChI is InChI=1S/C29H26ClF3N6O7S/c1-44-19(22(40)25(41)39-13-35-21-23(34)37-27(30)38-24(21)39)11-45-28(26(42)43,20-12-47-14-36-20)10-15-6-8-16(9-7-15)17-4-2-3-5-18(17)46-29(31,32)33/h2-9,12-14,19,22,25,40-41H,10-11H2,1H3,(H,42,43)(H2,34,37,38)/t19-,22-,25-,28-/m1/s1. The summed E-state index contributed by atoms with van der Waals surface area (Å²) in [5, 5.41) is 33.9. The number of carboxylic acid groups (broad SMARTS) is 1. The molecule has 0 aliphatic heterocycles. The Kier molecular flexibility index (Phi) is 9.94.